The summed E-state index contributed by atoms with van der Waals surface area (Å²) in [6.07, 6.45) is -4.00. The number of aliphatic hydroxyl groups excluding tert-OH is 1. The molecule has 0 amide bonds. The lowest BCUT2D eigenvalue weighted by Gasteiger charge is -2.08. The van der Waals surface area contributed by atoms with Gasteiger partial charge in [-0.2, -0.15) is 13.2 Å². The molecule has 0 aliphatic rings. The Kier molecular flexibility index (Phi) is 3.71. The number of hydrogen-bond donors (Lipinski definition) is 2. The molecule has 0 aliphatic carbocycles. The van der Waals surface area contributed by atoms with Crippen molar-refractivity contribution in [1.29, 1.82) is 0 Å². The van der Waals surface area contributed by atoms with Crippen molar-refractivity contribution in [3.8, 4) is 5.69 Å². The molecule has 0 saturated heterocycles. The third kappa shape index (κ3) is 2.49. The van der Waals surface area contributed by atoms with Gasteiger partial charge in [0.25, 0.3) is 5.56 Å². The van der Waals surface area contributed by atoms with Crippen LogP contribution >= 0.6 is 0 Å². The molecule has 0 fully saturated rings. The van der Waals surface area contributed by atoms with Crippen molar-refractivity contribution in [3.05, 3.63) is 51.4 Å². The van der Waals surface area contributed by atoms with Crippen LogP contribution in [0.4, 0.5) is 13.2 Å². The van der Waals surface area contributed by atoms with Crippen LogP contribution in [0.2, 0.25) is 0 Å². The number of nitrogens with one attached hydrogen (secondary N) is 1. The summed E-state index contributed by atoms with van der Waals surface area (Å²) in [5.41, 5.74) is -0.609. The van der Waals surface area contributed by atoms with Crippen LogP contribution in [0.3, 0.4) is 0 Å². The Morgan fingerprint density at radius 2 is 2.05 bits per heavy atom. The Balaban J connectivity index is 2.58. The first-order chi connectivity index (χ1) is 9.38. The first kappa shape index (κ1) is 14.4. The van der Waals surface area contributed by atoms with Crippen molar-refractivity contribution in [2.75, 3.05) is 0 Å². The molecule has 0 radical (unpaired) electrons. The Bertz CT molecular complexity index is 671. The monoisotopic (exact) mass is 286 g/mol. The number of hydrogen-bond acceptors (Lipinski definition) is 2. The van der Waals surface area contributed by atoms with Gasteiger partial charge >= 0.3 is 6.18 Å². The molecular weight excluding hydrogens is 273 g/mol. The number of aromatic amines is 1. The van der Waals surface area contributed by atoms with E-state index in [0.29, 0.717) is 12.1 Å². The molecule has 7 heteroatoms. The molecule has 1 heterocycles. The quantitative estimate of drug-likeness (QED) is 0.909. The van der Waals surface area contributed by atoms with Gasteiger partial charge in [0.2, 0.25) is 0 Å². The Morgan fingerprint density at radius 3 is 2.55 bits per heavy atom. The lowest BCUT2D eigenvalue weighted by molar-refractivity contribution is -0.137. The number of nitrogens with zero attached hydrogens (tertiary/aromatic N) is 1. The highest BCUT2D eigenvalue weighted by atomic mass is 19.4. The second-order valence-electron chi connectivity index (χ2n) is 4.27. The van der Waals surface area contributed by atoms with Gasteiger partial charge in [0.05, 0.1) is 23.4 Å². The molecule has 1 aromatic carbocycles. The van der Waals surface area contributed by atoms with Gasteiger partial charge in [-0.3, -0.25) is 9.89 Å². The number of alkyl halides is 3. The standard InChI is InChI=1S/C13H13F3N2O2/c1-2-11-10(7-19)12(20)18(17-11)9-5-3-4-8(6-9)13(14,15)16/h3-6,17,19H,2,7H2,1H3. The summed E-state index contributed by atoms with van der Waals surface area (Å²) in [7, 11) is 0. The molecule has 0 atom stereocenters. The van der Waals surface area contributed by atoms with Crippen LogP contribution in [0.5, 0.6) is 0 Å². The zero-order valence-corrected chi connectivity index (χ0v) is 10.7. The predicted molar refractivity (Wildman–Crippen MR) is 66.7 cm³/mol. The molecule has 2 N–H and O–H groups in total. The van der Waals surface area contributed by atoms with E-state index in [1.54, 1.807) is 6.92 Å². The number of halogens is 3. The molecule has 0 saturated carbocycles. The second-order valence-corrected chi connectivity index (χ2v) is 4.27. The second kappa shape index (κ2) is 5.16. The van der Waals surface area contributed by atoms with Crippen LogP contribution in [-0.2, 0) is 19.2 Å². The van der Waals surface area contributed by atoms with Gasteiger partial charge in [-0.1, -0.05) is 13.0 Å². The van der Waals surface area contributed by atoms with Crippen molar-refractivity contribution in [2.24, 2.45) is 0 Å². The van der Waals surface area contributed by atoms with Crippen molar-refractivity contribution in [3.63, 3.8) is 0 Å². The van der Waals surface area contributed by atoms with Crippen molar-refractivity contribution < 1.29 is 18.3 Å². The van der Waals surface area contributed by atoms with Crippen LogP contribution in [0, 0.1) is 0 Å². The third-order valence-corrected chi connectivity index (χ3v) is 3.02. The van der Waals surface area contributed by atoms with Crippen molar-refractivity contribution in [2.45, 2.75) is 26.1 Å². The molecular formula is C13H13F3N2O2. The molecule has 0 spiro atoms. The minimum atomic E-state index is -4.47. The van der Waals surface area contributed by atoms with Crippen LogP contribution in [-0.4, -0.2) is 14.9 Å². The van der Waals surface area contributed by atoms with Gasteiger partial charge in [-0.15, -0.1) is 0 Å². The van der Waals surface area contributed by atoms with E-state index in [9.17, 15) is 18.0 Å². The van der Waals surface area contributed by atoms with Gasteiger partial charge in [-0.25, -0.2) is 4.68 Å². The summed E-state index contributed by atoms with van der Waals surface area (Å²) < 4.78 is 39.0. The first-order valence-electron chi connectivity index (χ1n) is 5.99. The lowest BCUT2D eigenvalue weighted by atomic mass is 10.2. The number of H-pyrrole nitrogens is 1. The summed E-state index contributed by atoms with van der Waals surface area (Å²) >= 11 is 0. The maximum Gasteiger partial charge on any atom is 0.416 e. The number of aromatic nitrogens is 2. The molecule has 20 heavy (non-hydrogen) atoms. The highest BCUT2D eigenvalue weighted by molar-refractivity contribution is 5.37. The van der Waals surface area contributed by atoms with Crippen LogP contribution in [0.15, 0.2) is 29.1 Å². The van der Waals surface area contributed by atoms with Gasteiger partial charge in [0.15, 0.2) is 0 Å². The van der Waals surface area contributed by atoms with Gasteiger partial charge in [-0.05, 0) is 24.6 Å². The predicted octanol–water partition coefficient (Wildman–Crippen LogP) is 2.24. The first-order valence-corrected chi connectivity index (χ1v) is 5.99. The SMILES string of the molecule is CCc1[nH]n(-c2cccc(C(F)(F)F)c2)c(=O)c1CO. The van der Waals surface area contributed by atoms with Gasteiger partial charge in [0, 0.05) is 5.69 Å². The van der Waals surface area contributed by atoms with Crippen LogP contribution in [0.1, 0.15) is 23.7 Å². The number of rotatable bonds is 3. The van der Waals surface area contributed by atoms with E-state index in [4.69, 9.17) is 5.11 Å². The molecule has 1 aromatic heterocycles. The molecule has 0 bridgehead atoms. The smallest absolute Gasteiger partial charge is 0.391 e. The van der Waals surface area contributed by atoms with E-state index >= 15 is 0 Å². The highest BCUT2D eigenvalue weighted by Crippen LogP contribution is 2.30. The fourth-order valence-corrected chi connectivity index (χ4v) is 1.98. The molecule has 4 nitrogen and oxygen atoms in total. The fraction of sp³-hybridized carbons (Fsp3) is 0.308. The van der Waals surface area contributed by atoms with E-state index < -0.39 is 23.9 Å². The topological polar surface area (TPSA) is 58.0 Å². The molecule has 2 rings (SSSR count). The zero-order valence-electron chi connectivity index (χ0n) is 10.7. The third-order valence-electron chi connectivity index (χ3n) is 3.02. The van der Waals surface area contributed by atoms with Crippen LogP contribution in [0.25, 0.3) is 5.69 Å². The van der Waals surface area contributed by atoms with E-state index in [2.05, 4.69) is 5.10 Å². The Hall–Kier alpha value is -2.02. The van der Waals surface area contributed by atoms with E-state index in [0.717, 1.165) is 16.8 Å². The number of aliphatic hydroxyl groups is 1. The highest BCUT2D eigenvalue weighted by Gasteiger charge is 2.30. The van der Waals surface area contributed by atoms with E-state index in [1.165, 1.54) is 12.1 Å². The van der Waals surface area contributed by atoms with Crippen LogP contribution < -0.4 is 5.56 Å². The lowest BCUT2D eigenvalue weighted by Crippen LogP contribution is -2.18. The van der Waals surface area contributed by atoms with Gasteiger partial charge < -0.3 is 5.11 Å². The maximum atomic E-state index is 12.7. The van der Waals surface area contributed by atoms with Gasteiger partial charge in [0.1, 0.15) is 0 Å². The number of aryl methyl sites for hydroxylation is 1. The molecule has 0 aliphatic heterocycles. The minimum Gasteiger partial charge on any atom is -0.391 e. The largest absolute Gasteiger partial charge is 0.416 e. The Labute approximate surface area is 112 Å². The summed E-state index contributed by atoms with van der Waals surface area (Å²) in [5.74, 6) is 0. The van der Waals surface area contributed by atoms with E-state index in [1.807, 2.05) is 0 Å². The summed E-state index contributed by atoms with van der Waals surface area (Å²) in [5, 5.41) is 11.9. The van der Waals surface area contributed by atoms with E-state index in [-0.39, 0.29) is 11.3 Å². The maximum absolute atomic E-state index is 12.7. The zero-order chi connectivity index (χ0) is 14.9. The normalized spacial score (nSPS) is 11.8. The summed E-state index contributed by atoms with van der Waals surface area (Å²) in [6, 6.07) is 4.45. The average Bonchev–Trinajstić information content (AvgIpc) is 2.74. The summed E-state index contributed by atoms with van der Waals surface area (Å²) in [4.78, 5) is 12.0. The van der Waals surface area contributed by atoms with Crippen molar-refractivity contribution >= 4 is 0 Å². The average molecular weight is 286 g/mol. The fourth-order valence-electron chi connectivity index (χ4n) is 1.98. The molecule has 108 valence electrons. The minimum absolute atomic E-state index is 0.0826. The number of benzene rings is 1. The summed E-state index contributed by atoms with van der Waals surface area (Å²) in [6.45, 7) is 1.32. The Morgan fingerprint density at radius 1 is 1.35 bits per heavy atom. The molecule has 2 aromatic rings. The van der Waals surface area contributed by atoms with Crippen molar-refractivity contribution in [1.82, 2.24) is 9.78 Å². The molecule has 0 unspecified atom stereocenters.